The molecular weight excluding hydrogens is 476 g/mol. The number of aromatic hydroxyl groups is 1. The van der Waals surface area contributed by atoms with Crippen molar-refractivity contribution in [2.75, 3.05) is 6.61 Å². The van der Waals surface area contributed by atoms with Gasteiger partial charge in [0.05, 0.1) is 23.3 Å². The first-order valence-corrected chi connectivity index (χ1v) is 10.3. The van der Waals surface area contributed by atoms with E-state index in [9.17, 15) is 13.5 Å². The van der Waals surface area contributed by atoms with Crippen molar-refractivity contribution in [2.45, 2.75) is 18.7 Å². The molecule has 0 heterocycles. The number of ether oxygens (including phenoxy) is 1. The Balaban J connectivity index is 2.29. The number of phenolic OH excluding ortho intramolecular Hbond substituents is 1. The van der Waals surface area contributed by atoms with Crippen LogP contribution in [0.3, 0.4) is 0 Å². The Kier molecular flexibility index (Phi) is 6.47. The Morgan fingerprint density at radius 1 is 1.28 bits per heavy atom. The van der Waals surface area contributed by atoms with Crippen LogP contribution in [0.1, 0.15) is 18.1 Å². The lowest BCUT2D eigenvalue weighted by Gasteiger charge is -2.11. The maximum absolute atomic E-state index is 12.2. The summed E-state index contributed by atoms with van der Waals surface area (Å²) in [6.45, 7) is 4.03. The molecule has 2 aromatic rings. The van der Waals surface area contributed by atoms with Gasteiger partial charge in [0, 0.05) is 8.95 Å². The van der Waals surface area contributed by atoms with Crippen molar-refractivity contribution in [1.29, 1.82) is 0 Å². The zero-order valence-corrected chi connectivity index (χ0v) is 17.4. The van der Waals surface area contributed by atoms with Crippen molar-refractivity contribution in [3.8, 4) is 11.5 Å². The lowest BCUT2D eigenvalue weighted by atomic mass is 10.2. The molecule has 0 saturated heterocycles. The Labute approximate surface area is 163 Å². The van der Waals surface area contributed by atoms with Crippen LogP contribution >= 0.6 is 31.9 Å². The van der Waals surface area contributed by atoms with Gasteiger partial charge in [0.25, 0.3) is 10.0 Å². The molecule has 0 aromatic heterocycles. The highest BCUT2D eigenvalue weighted by atomic mass is 79.9. The number of nitrogens with one attached hydrogen (secondary N) is 1. The quantitative estimate of drug-likeness (QED) is 0.473. The summed E-state index contributed by atoms with van der Waals surface area (Å²) in [6.07, 6.45) is 1.21. The third-order valence-electron chi connectivity index (χ3n) is 3.19. The number of hydrazone groups is 1. The Hall–Kier alpha value is -1.58. The third kappa shape index (κ3) is 4.74. The van der Waals surface area contributed by atoms with Crippen molar-refractivity contribution < 1.29 is 18.3 Å². The molecule has 134 valence electrons. The number of aryl methyl sites for hydroxylation is 1. The van der Waals surface area contributed by atoms with Crippen LogP contribution in [0.15, 0.2) is 49.3 Å². The number of sulfonamides is 1. The van der Waals surface area contributed by atoms with Crippen LogP contribution in [0.25, 0.3) is 0 Å². The van der Waals surface area contributed by atoms with E-state index in [1.807, 2.05) is 6.92 Å². The Bertz CT molecular complexity index is 897. The van der Waals surface area contributed by atoms with Crippen LogP contribution in [-0.2, 0) is 10.0 Å². The van der Waals surface area contributed by atoms with Crippen molar-refractivity contribution in [3.63, 3.8) is 0 Å². The van der Waals surface area contributed by atoms with Gasteiger partial charge in [-0.3, -0.25) is 0 Å². The molecule has 9 heteroatoms. The fraction of sp³-hybridized carbons (Fsp3) is 0.188. The molecule has 0 radical (unpaired) electrons. The molecule has 6 nitrogen and oxygen atoms in total. The van der Waals surface area contributed by atoms with E-state index in [0.29, 0.717) is 15.6 Å². The highest BCUT2D eigenvalue weighted by Gasteiger charge is 2.16. The summed E-state index contributed by atoms with van der Waals surface area (Å²) < 4.78 is 30.9. The van der Waals surface area contributed by atoms with Gasteiger partial charge in [0.2, 0.25) is 0 Å². The molecule has 0 aliphatic rings. The molecule has 2 N–H and O–H groups in total. The Morgan fingerprint density at radius 3 is 2.52 bits per heavy atom. The van der Waals surface area contributed by atoms with Crippen LogP contribution in [-0.4, -0.2) is 26.3 Å². The predicted molar refractivity (Wildman–Crippen MR) is 104 cm³/mol. The first kappa shape index (κ1) is 19.7. The monoisotopic (exact) mass is 490 g/mol. The number of hydrogen-bond acceptors (Lipinski definition) is 5. The molecule has 0 spiro atoms. The van der Waals surface area contributed by atoms with E-state index in [1.54, 1.807) is 25.1 Å². The maximum atomic E-state index is 12.2. The SMILES string of the molecule is CCOc1cc(Br)c(Br)c(C=NNS(=O)(=O)c2ccc(C)cc2)c1O. The molecule has 0 aliphatic heterocycles. The Morgan fingerprint density at radius 2 is 1.92 bits per heavy atom. The fourth-order valence-electron chi connectivity index (χ4n) is 1.93. The molecule has 0 fully saturated rings. The van der Waals surface area contributed by atoms with Gasteiger partial charge in [0.1, 0.15) is 0 Å². The predicted octanol–water partition coefficient (Wildman–Crippen LogP) is 3.94. The van der Waals surface area contributed by atoms with Gasteiger partial charge in [-0.1, -0.05) is 17.7 Å². The molecule has 0 saturated carbocycles. The smallest absolute Gasteiger partial charge is 0.276 e. The third-order valence-corrected chi connectivity index (χ3v) is 6.44. The van der Waals surface area contributed by atoms with Crippen LogP contribution in [0.5, 0.6) is 11.5 Å². The van der Waals surface area contributed by atoms with Crippen LogP contribution < -0.4 is 9.57 Å². The highest BCUT2D eigenvalue weighted by Crippen LogP contribution is 2.39. The van der Waals surface area contributed by atoms with Crippen molar-refractivity contribution in [3.05, 3.63) is 50.4 Å². The van der Waals surface area contributed by atoms with Crippen LogP contribution in [0.2, 0.25) is 0 Å². The molecule has 0 aliphatic carbocycles. The summed E-state index contributed by atoms with van der Waals surface area (Å²) in [5, 5.41) is 14.0. The molecule has 0 amide bonds. The molecule has 0 bridgehead atoms. The highest BCUT2D eigenvalue weighted by molar-refractivity contribution is 9.13. The minimum atomic E-state index is -3.79. The average molecular weight is 492 g/mol. The number of phenols is 1. The van der Waals surface area contributed by atoms with E-state index in [4.69, 9.17) is 4.74 Å². The summed E-state index contributed by atoms with van der Waals surface area (Å²) in [7, 11) is -3.79. The molecule has 25 heavy (non-hydrogen) atoms. The summed E-state index contributed by atoms with van der Waals surface area (Å²) >= 11 is 6.66. The zero-order chi connectivity index (χ0) is 18.6. The first-order chi connectivity index (χ1) is 11.8. The number of halogens is 2. The van der Waals surface area contributed by atoms with Gasteiger partial charge in [-0.25, -0.2) is 4.83 Å². The van der Waals surface area contributed by atoms with Crippen LogP contribution in [0.4, 0.5) is 0 Å². The van der Waals surface area contributed by atoms with E-state index in [1.165, 1.54) is 18.3 Å². The largest absolute Gasteiger partial charge is 0.504 e. The van der Waals surface area contributed by atoms with E-state index >= 15 is 0 Å². The van der Waals surface area contributed by atoms with E-state index in [-0.39, 0.29) is 22.0 Å². The molecular formula is C16H16Br2N2O4S. The van der Waals surface area contributed by atoms with Crippen LogP contribution in [0, 0.1) is 6.92 Å². The van der Waals surface area contributed by atoms with E-state index in [2.05, 4.69) is 41.8 Å². The topological polar surface area (TPSA) is 88.0 Å². The lowest BCUT2D eigenvalue weighted by Crippen LogP contribution is -2.18. The second-order valence-electron chi connectivity index (χ2n) is 5.03. The van der Waals surface area contributed by atoms with Gasteiger partial charge in [0.15, 0.2) is 11.5 Å². The van der Waals surface area contributed by atoms with E-state index in [0.717, 1.165) is 5.56 Å². The minimum Gasteiger partial charge on any atom is -0.504 e. The maximum Gasteiger partial charge on any atom is 0.276 e. The second-order valence-corrected chi connectivity index (χ2v) is 8.34. The van der Waals surface area contributed by atoms with Crippen molar-refractivity contribution >= 4 is 48.1 Å². The summed E-state index contributed by atoms with van der Waals surface area (Å²) in [4.78, 5) is 2.22. The van der Waals surface area contributed by atoms with Gasteiger partial charge in [-0.2, -0.15) is 13.5 Å². The number of rotatable bonds is 6. The molecule has 0 unspecified atom stereocenters. The summed E-state index contributed by atoms with van der Waals surface area (Å²) in [5.74, 6) is 0.121. The van der Waals surface area contributed by atoms with Gasteiger partial charge in [-0.05, 0) is 63.9 Å². The number of nitrogens with zero attached hydrogens (tertiary/aromatic N) is 1. The zero-order valence-electron chi connectivity index (χ0n) is 13.5. The van der Waals surface area contributed by atoms with E-state index < -0.39 is 10.0 Å². The average Bonchev–Trinajstić information content (AvgIpc) is 2.56. The lowest BCUT2D eigenvalue weighted by molar-refractivity contribution is 0.317. The van der Waals surface area contributed by atoms with Crippen molar-refractivity contribution in [1.82, 2.24) is 4.83 Å². The number of hydrogen-bond donors (Lipinski definition) is 2. The molecule has 0 atom stereocenters. The molecule has 2 rings (SSSR count). The van der Waals surface area contributed by atoms with Gasteiger partial charge < -0.3 is 9.84 Å². The molecule has 2 aromatic carbocycles. The normalized spacial score (nSPS) is 11.7. The standard InChI is InChI=1S/C16H16Br2N2O4S/c1-3-24-14-8-13(17)15(18)12(16(14)21)9-19-20-25(22,23)11-6-4-10(2)5-7-11/h4-9,20-21H,3H2,1-2H3. The van der Waals surface area contributed by atoms with Crippen molar-refractivity contribution in [2.24, 2.45) is 5.10 Å². The first-order valence-electron chi connectivity index (χ1n) is 7.21. The second kappa shape index (κ2) is 8.20. The van der Waals surface area contributed by atoms with Gasteiger partial charge >= 0.3 is 0 Å². The minimum absolute atomic E-state index is 0.0998. The summed E-state index contributed by atoms with van der Waals surface area (Å²) in [6, 6.07) is 7.99. The van der Waals surface area contributed by atoms with Gasteiger partial charge in [-0.15, -0.1) is 0 Å². The fourth-order valence-corrected chi connectivity index (χ4v) is 3.54. The number of benzene rings is 2. The summed E-state index contributed by atoms with van der Waals surface area (Å²) in [5.41, 5.74) is 1.23.